The quantitative estimate of drug-likeness (QED) is 0.871. The first kappa shape index (κ1) is 14.7. The highest BCUT2D eigenvalue weighted by molar-refractivity contribution is 5.91. The van der Waals surface area contributed by atoms with Gasteiger partial charge in [0.1, 0.15) is 0 Å². The van der Waals surface area contributed by atoms with Gasteiger partial charge in [-0.2, -0.15) is 0 Å². The number of amides is 1. The summed E-state index contributed by atoms with van der Waals surface area (Å²) in [4.78, 5) is 15.3. The number of aromatic nitrogens is 2. The van der Waals surface area contributed by atoms with Crippen LogP contribution in [-0.4, -0.2) is 58.9 Å². The Hall–Kier alpha value is -1.69. The van der Waals surface area contributed by atoms with Crippen molar-refractivity contribution in [3.05, 3.63) is 17.8 Å². The van der Waals surface area contributed by atoms with Crippen LogP contribution in [0.5, 0.6) is 0 Å². The summed E-state index contributed by atoms with van der Waals surface area (Å²) in [5, 5.41) is 18.2. The molecule has 0 spiro atoms. The fourth-order valence-electron chi connectivity index (χ4n) is 2.33. The fourth-order valence-corrected chi connectivity index (χ4v) is 2.33. The van der Waals surface area contributed by atoms with Crippen LogP contribution in [0.3, 0.4) is 0 Å². The smallest absolute Gasteiger partial charge is 0.273 e. The van der Waals surface area contributed by atoms with Crippen LogP contribution in [0, 0.1) is 0 Å². The number of nitrogens with zero attached hydrogens (tertiary/aromatic N) is 4. The first-order chi connectivity index (χ1) is 9.39. The van der Waals surface area contributed by atoms with Gasteiger partial charge in [-0.15, -0.1) is 10.2 Å². The second-order valence-electron chi connectivity index (χ2n) is 5.81. The molecule has 2 rings (SSSR count). The van der Waals surface area contributed by atoms with E-state index in [4.69, 9.17) is 0 Å². The Labute approximate surface area is 119 Å². The molecule has 6 heteroatoms. The molecule has 1 aromatic rings. The number of anilines is 1. The molecule has 1 aromatic heterocycles. The molecular formula is C14H22N4O2. The van der Waals surface area contributed by atoms with E-state index in [0.29, 0.717) is 12.1 Å². The Morgan fingerprint density at radius 3 is 2.65 bits per heavy atom. The average Bonchev–Trinajstić information content (AvgIpc) is 2.59. The van der Waals surface area contributed by atoms with Gasteiger partial charge in [0, 0.05) is 27.2 Å². The Kier molecular flexibility index (Phi) is 4.23. The molecule has 110 valence electrons. The lowest BCUT2D eigenvalue weighted by molar-refractivity contribution is 0.0481. The van der Waals surface area contributed by atoms with Crippen LogP contribution in [0.25, 0.3) is 0 Å². The van der Waals surface area contributed by atoms with Gasteiger partial charge in [0.25, 0.3) is 5.91 Å². The van der Waals surface area contributed by atoms with Crippen molar-refractivity contribution in [1.29, 1.82) is 0 Å². The zero-order valence-electron chi connectivity index (χ0n) is 12.3. The van der Waals surface area contributed by atoms with Gasteiger partial charge in [-0.1, -0.05) is 0 Å². The van der Waals surface area contributed by atoms with E-state index in [-0.39, 0.29) is 5.91 Å². The van der Waals surface area contributed by atoms with Crippen molar-refractivity contribution in [2.24, 2.45) is 0 Å². The molecule has 0 aromatic carbocycles. The predicted octanol–water partition coefficient (Wildman–Crippen LogP) is 0.920. The molecule has 0 radical (unpaired) electrons. The molecule has 1 saturated heterocycles. The van der Waals surface area contributed by atoms with Gasteiger partial charge in [0.2, 0.25) is 0 Å². The number of rotatable bonds is 2. The van der Waals surface area contributed by atoms with Crippen molar-refractivity contribution < 1.29 is 9.90 Å². The minimum atomic E-state index is -0.594. The van der Waals surface area contributed by atoms with Gasteiger partial charge in [-0.25, -0.2) is 0 Å². The summed E-state index contributed by atoms with van der Waals surface area (Å²) in [5.41, 5.74) is -0.246. The number of carbonyl (C=O) groups is 1. The molecule has 2 heterocycles. The van der Waals surface area contributed by atoms with E-state index in [1.807, 2.05) is 13.0 Å². The van der Waals surface area contributed by atoms with E-state index in [2.05, 4.69) is 15.1 Å². The van der Waals surface area contributed by atoms with Gasteiger partial charge in [0.05, 0.1) is 5.60 Å². The zero-order valence-corrected chi connectivity index (χ0v) is 12.3. The molecule has 20 heavy (non-hydrogen) atoms. The molecule has 6 nitrogen and oxygen atoms in total. The summed E-state index contributed by atoms with van der Waals surface area (Å²) in [5.74, 6) is 0.612. The van der Waals surface area contributed by atoms with Gasteiger partial charge in [-0.05, 0) is 38.3 Å². The van der Waals surface area contributed by atoms with E-state index in [9.17, 15) is 9.90 Å². The number of hydrogen-bond donors (Lipinski definition) is 1. The van der Waals surface area contributed by atoms with Gasteiger partial charge in [0.15, 0.2) is 11.5 Å². The highest BCUT2D eigenvalue weighted by atomic mass is 16.3. The molecule has 1 atom stereocenters. The van der Waals surface area contributed by atoms with E-state index in [0.717, 1.165) is 31.7 Å². The SMILES string of the molecule is CN(C)C(=O)c1ccc(N2CCCC(C)(O)CC2)nn1. The molecule has 1 aliphatic heterocycles. The van der Waals surface area contributed by atoms with Crippen LogP contribution >= 0.6 is 0 Å². The van der Waals surface area contributed by atoms with Crippen molar-refractivity contribution in [1.82, 2.24) is 15.1 Å². The first-order valence-electron chi connectivity index (χ1n) is 6.92. The highest BCUT2D eigenvalue weighted by Gasteiger charge is 2.25. The maximum atomic E-state index is 11.7. The molecule has 1 amide bonds. The molecule has 0 aliphatic carbocycles. The lowest BCUT2D eigenvalue weighted by atomic mass is 9.98. The largest absolute Gasteiger partial charge is 0.390 e. The summed E-state index contributed by atoms with van der Waals surface area (Å²) in [6.07, 6.45) is 2.44. The average molecular weight is 278 g/mol. The number of hydrogen-bond acceptors (Lipinski definition) is 5. The Morgan fingerprint density at radius 1 is 1.30 bits per heavy atom. The molecule has 0 saturated carbocycles. The van der Waals surface area contributed by atoms with Crippen molar-refractivity contribution in [2.45, 2.75) is 31.8 Å². The number of aliphatic hydroxyl groups is 1. The standard InChI is InChI=1S/C14H22N4O2/c1-14(20)7-4-9-18(10-8-14)12-6-5-11(15-16-12)13(19)17(2)3/h5-6,20H,4,7-10H2,1-3H3. The second kappa shape index (κ2) is 5.75. The van der Waals surface area contributed by atoms with Crippen molar-refractivity contribution in [2.75, 3.05) is 32.1 Å². The van der Waals surface area contributed by atoms with Crippen LogP contribution in [0.4, 0.5) is 5.82 Å². The van der Waals surface area contributed by atoms with E-state index in [1.54, 1.807) is 20.2 Å². The van der Waals surface area contributed by atoms with Gasteiger partial charge < -0.3 is 14.9 Å². The lowest BCUT2D eigenvalue weighted by Crippen LogP contribution is -2.29. The number of carbonyl (C=O) groups excluding carboxylic acids is 1. The maximum Gasteiger partial charge on any atom is 0.273 e. The second-order valence-corrected chi connectivity index (χ2v) is 5.81. The maximum absolute atomic E-state index is 11.7. The lowest BCUT2D eigenvalue weighted by Gasteiger charge is -2.23. The fraction of sp³-hybridized carbons (Fsp3) is 0.643. The molecule has 1 N–H and O–H groups in total. The third-order valence-corrected chi connectivity index (χ3v) is 3.66. The van der Waals surface area contributed by atoms with Gasteiger partial charge in [-0.3, -0.25) is 4.79 Å². The minimum absolute atomic E-state index is 0.150. The monoisotopic (exact) mass is 278 g/mol. The first-order valence-corrected chi connectivity index (χ1v) is 6.92. The summed E-state index contributed by atoms with van der Waals surface area (Å²) in [6, 6.07) is 3.53. The minimum Gasteiger partial charge on any atom is -0.390 e. The van der Waals surface area contributed by atoms with Crippen LogP contribution in [0.15, 0.2) is 12.1 Å². The summed E-state index contributed by atoms with van der Waals surface area (Å²) < 4.78 is 0. The normalized spacial score (nSPS) is 23.3. The molecular weight excluding hydrogens is 256 g/mol. The highest BCUT2D eigenvalue weighted by Crippen LogP contribution is 2.23. The Bertz CT molecular complexity index is 471. The van der Waals surface area contributed by atoms with Crippen molar-refractivity contribution >= 4 is 11.7 Å². The third-order valence-electron chi connectivity index (χ3n) is 3.66. The van der Waals surface area contributed by atoms with E-state index in [1.165, 1.54) is 4.90 Å². The van der Waals surface area contributed by atoms with Gasteiger partial charge >= 0.3 is 0 Å². The topological polar surface area (TPSA) is 69.6 Å². The van der Waals surface area contributed by atoms with Crippen molar-refractivity contribution in [3.63, 3.8) is 0 Å². The van der Waals surface area contributed by atoms with Crippen LogP contribution in [-0.2, 0) is 0 Å². The van der Waals surface area contributed by atoms with Crippen LogP contribution in [0.1, 0.15) is 36.7 Å². The Morgan fingerprint density at radius 2 is 2.05 bits per heavy atom. The van der Waals surface area contributed by atoms with Crippen LogP contribution < -0.4 is 4.90 Å². The third kappa shape index (κ3) is 3.45. The Balaban J connectivity index is 2.08. The van der Waals surface area contributed by atoms with Crippen LogP contribution in [0.2, 0.25) is 0 Å². The summed E-state index contributed by atoms with van der Waals surface area (Å²) >= 11 is 0. The predicted molar refractivity (Wildman–Crippen MR) is 76.7 cm³/mol. The zero-order chi connectivity index (χ0) is 14.8. The van der Waals surface area contributed by atoms with E-state index >= 15 is 0 Å². The van der Waals surface area contributed by atoms with Crippen molar-refractivity contribution in [3.8, 4) is 0 Å². The summed E-state index contributed by atoms with van der Waals surface area (Å²) in [6.45, 7) is 3.48. The molecule has 1 unspecified atom stereocenters. The molecule has 0 bridgehead atoms. The van der Waals surface area contributed by atoms with E-state index < -0.39 is 5.60 Å². The summed E-state index contributed by atoms with van der Waals surface area (Å²) in [7, 11) is 3.38. The molecule has 1 aliphatic rings. The molecule has 1 fully saturated rings.